The zero-order valence-corrected chi connectivity index (χ0v) is 14.2. The maximum Gasteiger partial charge on any atom is 0.236 e. The van der Waals surface area contributed by atoms with Crippen molar-refractivity contribution in [2.75, 3.05) is 0 Å². The van der Waals surface area contributed by atoms with E-state index in [2.05, 4.69) is 24.6 Å². The van der Waals surface area contributed by atoms with Crippen LogP contribution in [0.3, 0.4) is 0 Å². The standard InChI is InChI=1S/C18H25NO2S/c1-13-6-5-9-18(14(13)2)19-22(20,21)17-11-10-15-7-3-4-8-16(15)12-17/h3-4,7-8,12-14,18-19H,5-6,9-11H2,1-2H3/t13-,14+,18-/m1/s1. The summed E-state index contributed by atoms with van der Waals surface area (Å²) in [6.07, 6.45) is 6.52. The first-order valence-corrected chi connectivity index (χ1v) is 9.76. The van der Waals surface area contributed by atoms with Crippen LogP contribution in [-0.4, -0.2) is 14.5 Å². The summed E-state index contributed by atoms with van der Waals surface area (Å²) in [7, 11) is -3.37. The zero-order chi connectivity index (χ0) is 15.7. The highest BCUT2D eigenvalue weighted by molar-refractivity contribution is 7.93. The summed E-state index contributed by atoms with van der Waals surface area (Å²) in [5.41, 5.74) is 2.28. The highest BCUT2D eigenvalue weighted by atomic mass is 32.2. The normalized spacial score (nSPS) is 28.8. The van der Waals surface area contributed by atoms with Crippen LogP contribution in [-0.2, 0) is 16.4 Å². The monoisotopic (exact) mass is 319 g/mol. The van der Waals surface area contributed by atoms with Crippen LogP contribution in [0.25, 0.3) is 6.08 Å². The fraction of sp³-hybridized carbons (Fsp3) is 0.556. The number of allylic oxidation sites excluding steroid dienone is 1. The van der Waals surface area contributed by atoms with Crippen molar-refractivity contribution in [2.24, 2.45) is 11.8 Å². The van der Waals surface area contributed by atoms with Gasteiger partial charge in [-0.3, -0.25) is 0 Å². The number of rotatable bonds is 3. The molecule has 0 saturated heterocycles. The lowest BCUT2D eigenvalue weighted by Gasteiger charge is -2.34. The minimum absolute atomic E-state index is 0.0758. The summed E-state index contributed by atoms with van der Waals surface area (Å²) in [6, 6.07) is 8.12. The summed E-state index contributed by atoms with van der Waals surface area (Å²) in [5.74, 6) is 0.988. The molecular weight excluding hydrogens is 294 g/mol. The summed E-state index contributed by atoms with van der Waals surface area (Å²) < 4.78 is 28.5. The van der Waals surface area contributed by atoms with Crippen molar-refractivity contribution >= 4 is 16.1 Å². The first-order chi connectivity index (χ1) is 10.5. The predicted octanol–water partition coefficient (Wildman–Crippen LogP) is 3.72. The van der Waals surface area contributed by atoms with E-state index in [1.165, 1.54) is 12.0 Å². The van der Waals surface area contributed by atoms with E-state index in [-0.39, 0.29) is 6.04 Å². The van der Waals surface area contributed by atoms with E-state index in [1.54, 1.807) is 0 Å². The molecule has 0 aliphatic heterocycles. The number of nitrogens with one attached hydrogen (secondary N) is 1. The summed E-state index contributed by atoms with van der Waals surface area (Å²) in [5, 5.41) is 0. The van der Waals surface area contributed by atoms with Gasteiger partial charge in [0.25, 0.3) is 0 Å². The summed E-state index contributed by atoms with van der Waals surface area (Å²) in [4.78, 5) is 0.539. The van der Waals surface area contributed by atoms with Crippen LogP contribution in [0, 0.1) is 11.8 Å². The quantitative estimate of drug-likeness (QED) is 0.923. The van der Waals surface area contributed by atoms with E-state index >= 15 is 0 Å². The van der Waals surface area contributed by atoms with Gasteiger partial charge in [-0.1, -0.05) is 51.0 Å². The predicted molar refractivity (Wildman–Crippen MR) is 90.8 cm³/mol. The van der Waals surface area contributed by atoms with Gasteiger partial charge in [-0.2, -0.15) is 0 Å². The number of hydrogen-bond acceptors (Lipinski definition) is 2. The Hall–Kier alpha value is -1.13. The number of fused-ring (bicyclic) bond motifs is 1. The summed E-state index contributed by atoms with van der Waals surface area (Å²) in [6.45, 7) is 4.39. The van der Waals surface area contributed by atoms with Crippen LogP contribution in [0.1, 0.15) is 50.7 Å². The molecule has 1 saturated carbocycles. The molecule has 3 rings (SSSR count). The van der Waals surface area contributed by atoms with E-state index in [9.17, 15) is 8.42 Å². The van der Waals surface area contributed by atoms with Crippen molar-refractivity contribution in [2.45, 2.75) is 52.0 Å². The highest BCUT2D eigenvalue weighted by Crippen LogP contribution is 2.32. The van der Waals surface area contributed by atoms with Crippen molar-refractivity contribution in [3.05, 3.63) is 40.3 Å². The Bertz CT molecular complexity index is 678. The molecule has 0 spiro atoms. The second-order valence-electron chi connectivity index (χ2n) is 6.80. The average Bonchev–Trinajstić information content (AvgIpc) is 2.51. The van der Waals surface area contributed by atoms with E-state index in [0.29, 0.717) is 23.2 Å². The Morgan fingerprint density at radius 1 is 1.09 bits per heavy atom. The third-order valence-electron chi connectivity index (χ3n) is 5.37. The molecule has 2 aliphatic carbocycles. The minimum atomic E-state index is -3.37. The van der Waals surface area contributed by atoms with Gasteiger partial charge >= 0.3 is 0 Å². The molecule has 0 aromatic heterocycles. The third-order valence-corrected chi connectivity index (χ3v) is 7.00. The fourth-order valence-corrected chi connectivity index (χ4v) is 5.18. The number of aryl methyl sites for hydroxylation is 1. The molecule has 2 aliphatic rings. The molecule has 0 unspecified atom stereocenters. The van der Waals surface area contributed by atoms with Gasteiger partial charge in [0.05, 0.1) is 4.91 Å². The molecule has 1 aromatic carbocycles. The van der Waals surface area contributed by atoms with Crippen LogP contribution >= 0.6 is 0 Å². The number of hydrogen-bond donors (Lipinski definition) is 1. The van der Waals surface area contributed by atoms with Gasteiger partial charge in [-0.05, 0) is 48.3 Å². The Balaban J connectivity index is 1.81. The average molecular weight is 319 g/mol. The van der Waals surface area contributed by atoms with E-state index in [0.717, 1.165) is 24.8 Å². The van der Waals surface area contributed by atoms with Gasteiger partial charge < -0.3 is 0 Å². The molecule has 1 fully saturated rings. The minimum Gasteiger partial charge on any atom is -0.208 e. The highest BCUT2D eigenvalue weighted by Gasteiger charge is 2.32. The first kappa shape index (κ1) is 15.8. The van der Waals surface area contributed by atoms with Gasteiger partial charge in [-0.25, -0.2) is 13.1 Å². The molecule has 0 radical (unpaired) electrons. The molecule has 1 N–H and O–H groups in total. The largest absolute Gasteiger partial charge is 0.236 e. The first-order valence-electron chi connectivity index (χ1n) is 8.28. The van der Waals surface area contributed by atoms with Gasteiger partial charge in [0, 0.05) is 6.04 Å². The molecule has 0 amide bonds. The SMILES string of the molecule is C[C@H]1[C@H](C)CCC[C@H]1NS(=O)(=O)C1=Cc2ccccc2CC1. The number of benzene rings is 1. The second-order valence-corrected chi connectivity index (χ2v) is 8.57. The lowest BCUT2D eigenvalue weighted by atomic mass is 9.78. The van der Waals surface area contributed by atoms with Gasteiger partial charge in [0.1, 0.15) is 0 Å². The maximum absolute atomic E-state index is 12.7. The van der Waals surface area contributed by atoms with Crippen molar-refractivity contribution in [3.8, 4) is 0 Å². The van der Waals surface area contributed by atoms with Gasteiger partial charge in [-0.15, -0.1) is 0 Å². The van der Waals surface area contributed by atoms with Gasteiger partial charge in [0.2, 0.25) is 10.0 Å². The lowest BCUT2D eigenvalue weighted by Crippen LogP contribution is -2.44. The fourth-order valence-electron chi connectivity index (χ4n) is 3.64. The molecule has 22 heavy (non-hydrogen) atoms. The van der Waals surface area contributed by atoms with Crippen molar-refractivity contribution in [1.82, 2.24) is 4.72 Å². The maximum atomic E-state index is 12.7. The molecule has 0 bridgehead atoms. The van der Waals surface area contributed by atoms with Gasteiger partial charge in [0.15, 0.2) is 0 Å². The molecule has 1 aromatic rings. The Labute approximate surface area is 133 Å². The topological polar surface area (TPSA) is 46.2 Å². The van der Waals surface area contributed by atoms with Crippen LogP contribution in [0.2, 0.25) is 0 Å². The van der Waals surface area contributed by atoms with Crippen molar-refractivity contribution in [3.63, 3.8) is 0 Å². The smallest absolute Gasteiger partial charge is 0.208 e. The Morgan fingerprint density at radius 3 is 2.68 bits per heavy atom. The molecule has 4 heteroatoms. The Morgan fingerprint density at radius 2 is 1.86 bits per heavy atom. The lowest BCUT2D eigenvalue weighted by molar-refractivity contribution is 0.227. The van der Waals surface area contributed by atoms with E-state index in [4.69, 9.17) is 0 Å². The molecular formula is C18H25NO2S. The van der Waals surface area contributed by atoms with Crippen molar-refractivity contribution < 1.29 is 8.42 Å². The Kier molecular flexibility index (Phi) is 4.42. The van der Waals surface area contributed by atoms with Crippen LogP contribution in [0.15, 0.2) is 29.2 Å². The van der Waals surface area contributed by atoms with E-state index < -0.39 is 10.0 Å². The second kappa shape index (κ2) is 6.17. The summed E-state index contributed by atoms with van der Waals surface area (Å²) >= 11 is 0. The zero-order valence-electron chi connectivity index (χ0n) is 13.4. The van der Waals surface area contributed by atoms with Crippen LogP contribution in [0.4, 0.5) is 0 Å². The van der Waals surface area contributed by atoms with Crippen LogP contribution < -0.4 is 4.72 Å². The van der Waals surface area contributed by atoms with Crippen molar-refractivity contribution in [1.29, 1.82) is 0 Å². The molecule has 3 nitrogen and oxygen atoms in total. The molecule has 120 valence electrons. The number of sulfonamides is 1. The molecule has 0 heterocycles. The third kappa shape index (κ3) is 3.13. The molecule has 3 atom stereocenters. The van der Waals surface area contributed by atoms with Crippen LogP contribution in [0.5, 0.6) is 0 Å². The van der Waals surface area contributed by atoms with E-state index in [1.807, 2.05) is 24.3 Å².